The van der Waals surface area contributed by atoms with Gasteiger partial charge in [-0.1, -0.05) is 29.8 Å². The van der Waals surface area contributed by atoms with Crippen LogP contribution < -0.4 is 10.1 Å². The van der Waals surface area contributed by atoms with Crippen LogP contribution in [0.2, 0.25) is 0 Å². The molecule has 7 heteroatoms. The SMILES string of the molecule is CCOc1ccccc1NC(=O)CN(C)S(=O)(=O)c1ccc(C)cc1. The van der Waals surface area contributed by atoms with Crippen molar-refractivity contribution in [2.75, 3.05) is 25.5 Å². The maximum atomic E-state index is 12.5. The van der Waals surface area contributed by atoms with Gasteiger partial charge in [-0.05, 0) is 38.1 Å². The zero-order valence-electron chi connectivity index (χ0n) is 14.5. The lowest BCUT2D eigenvalue weighted by Gasteiger charge is -2.18. The van der Waals surface area contributed by atoms with Crippen molar-refractivity contribution in [2.24, 2.45) is 0 Å². The monoisotopic (exact) mass is 362 g/mol. The molecular weight excluding hydrogens is 340 g/mol. The molecule has 1 amide bonds. The van der Waals surface area contributed by atoms with Gasteiger partial charge in [0.25, 0.3) is 0 Å². The smallest absolute Gasteiger partial charge is 0.243 e. The number of carbonyl (C=O) groups is 1. The second kappa shape index (κ2) is 8.13. The lowest BCUT2D eigenvalue weighted by atomic mass is 10.2. The van der Waals surface area contributed by atoms with Crippen LogP contribution in [0.5, 0.6) is 5.75 Å². The molecule has 0 fully saturated rings. The Morgan fingerprint density at radius 3 is 2.40 bits per heavy atom. The fraction of sp³-hybridized carbons (Fsp3) is 0.278. The number of nitrogens with zero attached hydrogens (tertiary/aromatic N) is 1. The van der Waals surface area contributed by atoms with E-state index < -0.39 is 15.9 Å². The van der Waals surface area contributed by atoms with Crippen molar-refractivity contribution in [3.8, 4) is 5.75 Å². The summed E-state index contributed by atoms with van der Waals surface area (Å²) >= 11 is 0. The number of hydrogen-bond acceptors (Lipinski definition) is 4. The summed E-state index contributed by atoms with van der Waals surface area (Å²) < 4.78 is 31.5. The van der Waals surface area contributed by atoms with Crippen molar-refractivity contribution >= 4 is 21.6 Å². The zero-order chi connectivity index (χ0) is 18.4. The lowest BCUT2D eigenvalue weighted by Crippen LogP contribution is -2.35. The molecule has 0 saturated heterocycles. The molecule has 0 aliphatic carbocycles. The third kappa shape index (κ3) is 4.80. The number of rotatable bonds is 7. The van der Waals surface area contributed by atoms with Gasteiger partial charge in [0.05, 0.1) is 23.7 Å². The summed E-state index contributed by atoms with van der Waals surface area (Å²) in [6.07, 6.45) is 0. The van der Waals surface area contributed by atoms with Crippen molar-refractivity contribution in [1.29, 1.82) is 0 Å². The van der Waals surface area contributed by atoms with Gasteiger partial charge >= 0.3 is 0 Å². The first kappa shape index (κ1) is 19.0. The van der Waals surface area contributed by atoms with Crippen molar-refractivity contribution in [2.45, 2.75) is 18.7 Å². The lowest BCUT2D eigenvalue weighted by molar-refractivity contribution is -0.116. The van der Waals surface area contributed by atoms with Crippen LogP contribution in [0.3, 0.4) is 0 Å². The number of nitrogens with one attached hydrogen (secondary N) is 1. The largest absolute Gasteiger partial charge is 0.492 e. The van der Waals surface area contributed by atoms with Crippen LogP contribution >= 0.6 is 0 Å². The highest BCUT2D eigenvalue weighted by molar-refractivity contribution is 7.89. The molecule has 2 rings (SSSR count). The predicted octanol–water partition coefficient (Wildman–Crippen LogP) is 2.65. The summed E-state index contributed by atoms with van der Waals surface area (Å²) in [5, 5.41) is 2.69. The summed E-state index contributed by atoms with van der Waals surface area (Å²) in [5.74, 6) is 0.104. The van der Waals surface area contributed by atoms with Crippen LogP contribution in [0, 0.1) is 6.92 Å². The summed E-state index contributed by atoms with van der Waals surface area (Å²) in [6, 6.07) is 13.5. The van der Waals surface area contributed by atoms with Crippen molar-refractivity contribution in [3.63, 3.8) is 0 Å². The number of likely N-dealkylation sites (N-methyl/N-ethyl adjacent to an activating group) is 1. The van der Waals surface area contributed by atoms with E-state index in [0.717, 1.165) is 9.87 Å². The van der Waals surface area contributed by atoms with E-state index in [0.29, 0.717) is 18.0 Å². The van der Waals surface area contributed by atoms with E-state index in [-0.39, 0.29) is 11.4 Å². The molecule has 0 radical (unpaired) electrons. The Morgan fingerprint density at radius 1 is 1.12 bits per heavy atom. The summed E-state index contributed by atoms with van der Waals surface area (Å²) in [5.41, 5.74) is 1.47. The molecule has 1 N–H and O–H groups in total. The van der Waals surface area contributed by atoms with E-state index in [2.05, 4.69) is 5.32 Å². The van der Waals surface area contributed by atoms with Crippen LogP contribution in [0.15, 0.2) is 53.4 Å². The minimum atomic E-state index is -3.72. The molecule has 0 spiro atoms. The number of ether oxygens (including phenoxy) is 1. The number of benzene rings is 2. The van der Waals surface area contributed by atoms with Crippen LogP contribution in [0.1, 0.15) is 12.5 Å². The molecular formula is C18H22N2O4S. The standard InChI is InChI=1S/C18H22N2O4S/c1-4-24-17-8-6-5-7-16(17)19-18(21)13-20(3)25(22,23)15-11-9-14(2)10-12-15/h5-12H,4,13H2,1-3H3,(H,19,21). The van der Waals surface area contributed by atoms with E-state index in [1.165, 1.54) is 19.2 Å². The van der Waals surface area contributed by atoms with Gasteiger partial charge in [0, 0.05) is 7.05 Å². The highest BCUT2D eigenvalue weighted by Gasteiger charge is 2.23. The Morgan fingerprint density at radius 2 is 1.76 bits per heavy atom. The van der Waals surface area contributed by atoms with Crippen LogP contribution in [-0.2, 0) is 14.8 Å². The Balaban J connectivity index is 2.08. The normalized spacial score (nSPS) is 11.4. The van der Waals surface area contributed by atoms with E-state index in [9.17, 15) is 13.2 Å². The molecule has 0 bridgehead atoms. The first-order valence-corrected chi connectivity index (χ1v) is 9.33. The van der Waals surface area contributed by atoms with E-state index in [1.54, 1.807) is 36.4 Å². The third-order valence-electron chi connectivity index (χ3n) is 3.56. The van der Waals surface area contributed by atoms with Gasteiger partial charge < -0.3 is 10.1 Å². The van der Waals surface area contributed by atoms with Crippen molar-refractivity contribution in [1.82, 2.24) is 4.31 Å². The number of amides is 1. The summed E-state index contributed by atoms with van der Waals surface area (Å²) in [4.78, 5) is 12.4. The topological polar surface area (TPSA) is 75.7 Å². The van der Waals surface area contributed by atoms with Crippen LogP contribution in [0.4, 0.5) is 5.69 Å². The molecule has 0 saturated carbocycles. The number of anilines is 1. The van der Waals surface area contributed by atoms with E-state index in [1.807, 2.05) is 13.8 Å². The summed E-state index contributed by atoms with van der Waals surface area (Å²) in [6.45, 7) is 3.90. The molecule has 0 aromatic heterocycles. The number of carbonyl (C=O) groups excluding carboxylic acids is 1. The average Bonchev–Trinajstić information content (AvgIpc) is 2.57. The first-order valence-electron chi connectivity index (χ1n) is 7.89. The van der Waals surface area contributed by atoms with E-state index in [4.69, 9.17) is 4.74 Å². The average molecular weight is 362 g/mol. The number of sulfonamides is 1. The molecule has 0 heterocycles. The molecule has 0 aliphatic rings. The minimum Gasteiger partial charge on any atom is -0.492 e. The maximum Gasteiger partial charge on any atom is 0.243 e. The number of hydrogen-bond donors (Lipinski definition) is 1. The highest BCUT2D eigenvalue weighted by atomic mass is 32.2. The molecule has 6 nitrogen and oxygen atoms in total. The number of para-hydroxylation sites is 2. The highest BCUT2D eigenvalue weighted by Crippen LogP contribution is 2.23. The van der Waals surface area contributed by atoms with E-state index >= 15 is 0 Å². The maximum absolute atomic E-state index is 12.5. The van der Waals surface area contributed by atoms with Crippen molar-refractivity contribution in [3.05, 3.63) is 54.1 Å². The Labute approximate surface area is 148 Å². The quantitative estimate of drug-likeness (QED) is 0.822. The predicted molar refractivity (Wildman–Crippen MR) is 97.2 cm³/mol. The molecule has 2 aromatic rings. The number of aryl methyl sites for hydroxylation is 1. The van der Waals surface area contributed by atoms with Gasteiger partial charge in [-0.15, -0.1) is 0 Å². The minimum absolute atomic E-state index is 0.156. The third-order valence-corrected chi connectivity index (χ3v) is 5.37. The van der Waals surface area contributed by atoms with Crippen LogP contribution in [-0.4, -0.2) is 38.8 Å². The van der Waals surface area contributed by atoms with Gasteiger partial charge in [-0.25, -0.2) is 8.42 Å². The molecule has 0 unspecified atom stereocenters. The van der Waals surface area contributed by atoms with Crippen LogP contribution in [0.25, 0.3) is 0 Å². The van der Waals surface area contributed by atoms with Gasteiger partial charge in [-0.3, -0.25) is 4.79 Å². The molecule has 2 aromatic carbocycles. The Kier molecular flexibility index (Phi) is 6.17. The zero-order valence-corrected chi connectivity index (χ0v) is 15.3. The van der Waals surface area contributed by atoms with Gasteiger partial charge in [-0.2, -0.15) is 4.31 Å². The van der Waals surface area contributed by atoms with Crippen molar-refractivity contribution < 1.29 is 17.9 Å². The van der Waals surface area contributed by atoms with Gasteiger partial charge in [0.15, 0.2) is 0 Å². The Hall–Kier alpha value is -2.38. The second-order valence-corrected chi connectivity index (χ2v) is 7.60. The molecule has 0 aliphatic heterocycles. The fourth-order valence-corrected chi connectivity index (χ4v) is 3.35. The van der Waals surface area contributed by atoms with Gasteiger partial charge in [0.2, 0.25) is 15.9 Å². The first-order chi connectivity index (χ1) is 11.8. The second-order valence-electron chi connectivity index (χ2n) is 5.55. The molecule has 25 heavy (non-hydrogen) atoms. The summed E-state index contributed by atoms with van der Waals surface area (Å²) in [7, 11) is -2.34. The Bertz CT molecular complexity index is 832. The fourth-order valence-electron chi connectivity index (χ4n) is 2.22. The molecule has 134 valence electrons. The molecule has 0 atom stereocenters. The van der Waals surface area contributed by atoms with Gasteiger partial charge in [0.1, 0.15) is 5.75 Å².